The SMILES string of the molecule is C=CCNC(=O)CCn1cnc2ccccc21. The Morgan fingerprint density at radius 3 is 3.12 bits per heavy atom. The second-order valence-electron chi connectivity index (χ2n) is 3.77. The number of hydrogen-bond donors (Lipinski definition) is 1. The molecule has 17 heavy (non-hydrogen) atoms. The molecule has 0 aliphatic carbocycles. The Balaban J connectivity index is 1.99. The van der Waals surface area contributed by atoms with E-state index in [1.807, 2.05) is 28.8 Å². The van der Waals surface area contributed by atoms with Crippen molar-refractivity contribution in [3.63, 3.8) is 0 Å². The van der Waals surface area contributed by atoms with Crippen molar-refractivity contribution in [1.29, 1.82) is 0 Å². The van der Waals surface area contributed by atoms with Crippen LogP contribution in [0.15, 0.2) is 43.2 Å². The average molecular weight is 229 g/mol. The van der Waals surface area contributed by atoms with Crippen molar-refractivity contribution in [3.05, 3.63) is 43.2 Å². The predicted molar refractivity (Wildman–Crippen MR) is 67.6 cm³/mol. The van der Waals surface area contributed by atoms with Gasteiger partial charge in [-0.05, 0) is 12.1 Å². The fourth-order valence-corrected chi connectivity index (χ4v) is 1.68. The molecule has 0 atom stereocenters. The van der Waals surface area contributed by atoms with Crippen LogP contribution in [0, 0.1) is 0 Å². The van der Waals surface area contributed by atoms with Crippen molar-refractivity contribution >= 4 is 16.9 Å². The Hall–Kier alpha value is -2.10. The zero-order valence-corrected chi connectivity index (χ0v) is 9.60. The van der Waals surface area contributed by atoms with Crippen LogP contribution in [0.4, 0.5) is 0 Å². The molecule has 2 rings (SSSR count). The second kappa shape index (κ2) is 5.30. The Bertz CT molecular complexity index is 530. The average Bonchev–Trinajstić information content (AvgIpc) is 2.77. The zero-order chi connectivity index (χ0) is 12.1. The van der Waals surface area contributed by atoms with E-state index >= 15 is 0 Å². The third kappa shape index (κ3) is 2.72. The van der Waals surface area contributed by atoms with Crippen LogP contribution < -0.4 is 5.32 Å². The van der Waals surface area contributed by atoms with E-state index in [1.54, 1.807) is 12.4 Å². The summed E-state index contributed by atoms with van der Waals surface area (Å²) >= 11 is 0. The van der Waals surface area contributed by atoms with Gasteiger partial charge in [0.2, 0.25) is 5.91 Å². The summed E-state index contributed by atoms with van der Waals surface area (Å²) in [5.41, 5.74) is 2.02. The quantitative estimate of drug-likeness (QED) is 0.794. The van der Waals surface area contributed by atoms with Gasteiger partial charge in [-0.2, -0.15) is 0 Å². The van der Waals surface area contributed by atoms with E-state index in [4.69, 9.17) is 0 Å². The number of nitrogens with one attached hydrogen (secondary N) is 1. The first-order chi connectivity index (χ1) is 8.31. The molecule has 4 nitrogen and oxygen atoms in total. The fourth-order valence-electron chi connectivity index (χ4n) is 1.68. The van der Waals surface area contributed by atoms with Crippen LogP contribution in [-0.2, 0) is 11.3 Å². The summed E-state index contributed by atoms with van der Waals surface area (Å²) in [5.74, 6) is 0.0303. The molecule has 1 heterocycles. The van der Waals surface area contributed by atoms with Crippen molar-refractivity contribution in [2.24, 2.45) is 0 Å². The highest BCUT2D eigenvalue weighted by atomic mass is 16.1. The van der Waals surface area contributed by atoms with Crippen molar-refractivity contribution in [2.45, 2.75) is 13.0 Å². The van der Waals surface area contributed by atoms with Gasteiger partial charge in [-0.25, -0.2) is 4.98 Å². The smallest absolute Gasteiger partial charge is 0.222 e. The summed E-state index contributed by atoms with van der Waals surface area (Å²) in [4.78, 5) is 15.7. The third-order valence-electron chi connectivity index (χ3n) is 2.55. The molecule has 1 aromatic heterocycles. The first-order valence-corrected chi connectivity index (χ1v) is 5.58. The van der Waals surface area contributed by atoms with Crippen molar-refractivity contribution in [2.75, 3.05) is 6.54 Å². The molecule has 1 aromatic carbocycles. The maximum absolute atomic E-state index is 11.4. The topological polar surface area (TPSA) is 46.9 Å². The van der Waals surface area contributed by atoms with Crippen LogP contribution in [-0.4, -0.2) is 22.0 Å². The molecule has 0 fully saturated rings. The number of carbonyl (C=O) groups is 1. The lowest BCUT2D eigenvalue weighted by atomic mass is 10.3. The molecule has 4 heteroatoms. The normalized spacial score (nSPS) is 10.4. The fraction of sp³-hybridized carbons (Fsp3) is 0.231. The van der Waals surface area contributed by atoms with E-state index in [0.29, 0.717) is 19.5 Å². The molecule has 0 spiro atoms. The zero-order valence-electron chi connectivity index (χ0n) is 9.60. The van der Waals surface area contributed by atoms with Gasteiger partial charge in [0.15, 0.2) is 0 Å². The highest BCUT2D eigenvalue weighted by Crippen LogP contribution is 2.11. The van der Waals surface area contributed by atoms with Crippen LogP contribution in [0.1, 0.15) is 6.42 Å². The summed E-state index contributed by atoms with van der Waals surface area (Å²) in [6, 6.07) is 7.89. The summed E-state index contributed by atoms with van der Waals surface area (Å²) in [6.07, 6.45) is 3.89. The molecule has 0 radical (unpaired) electrons. The summed E-state index contributed by atoms with van der Waals surface area (Å²) in [7, 11) is 0. The molecular formula is C13H15N3O. The minimum Gasteiger partial charge on any atom is -0.353 e. The number of aromatic nitrogens is 2. The number of rotatable bonds is 5. The van der Waals surface area contributed by atoms with Crippen LogP contribution >= 0.6 is 0 Å². The van der Waals surface area contributed by atoms with Gasteiger partial charge in [0.1, 0.15) is 0 Å². The Kier molecular flexibility index (Phi) is 3.55. The Morgan fingerprint density at radius 2 is 2.29 bits per heavy atom. The van der Waals surface area contributed by atoms with Crippen LogP contribution in [0.25, 0.3) is 11.0 Å². The van der Waals surface area contributed by atoms with Gasteiger partial charge in [-0.3, -0.25) is 4.79 Å². The third-order valence-corrected chi connectivity index (χ3v) is 2.55. The molecule has 0 saturated heterocycles. The molecule has 0 aliphatic heterocycles. The lowest BCUT2D eigenvalue weighted by Gasteiger charge is -2.04. The van der Waals surface area contributed by atoms with Gasteiger partial charge in [0.25, 0.3) is 0 Å². The molecule has 88 valence electrons. The van der Waals surface area contributed by atoms with E-state index in [-0.39, 0.29) is 5.91 Å². The first-order valence-electron chi connectivity index (χ1n) is 5.58. The van der Waals surface area contributed by atoms with Crippen LogP contribution in [0.3, 0.4) is 0 Å². The maximum atomic E-state index is 11.4. The van der Waals surface area contributed by atoms with Crippen LogP contribution in [0.5, 0.6) is 0 Å². The van der Waals surface area contributed by atoms with Gasteiger partial charge in [-0.15, -0.1) is 6.58 Å². The summed E-state index contributed by atoms with van der Waals surface area (Å²) in [6.45, 7) is 4.71. The lowest BCUT2D eigenvalue weighted by Crippen LogP contribution is -2.24. The van der Waals surface area contributed by atoms with Gasteiger partial charge in [0, 0.05) is 19.5 Å². The minimum absolute atomic E-state index is 0.0303. The summed E-state index contributed by atoms with van der Waals surface area (Å²) in [5, 5.41) is 2.75. The van der Waals surface area contributed by atoms with Crippen molar-refractivity contribution < 1.29 is 4.79 Å². The molecule has 1 N–H and O–H groups in total. The predicted octanol–water partition coefficient (Wildman–Crippen LogP) is 1.73. The number of hydrogen-bond acceptors (Lipinski definition) is 2. The van der Waals surface area contributed by atoms with Gasteiger partial charge in [0.05, 0.1) is 17.4 Å². The van der Waals surface area contributed by atoms with E-state index in [2.05, 4.69) is 16.9 Å². The van der Waals surface area contributed by atoms with E-state index in [1.165, 1.54) is 0 Å². The standard InChI is InChI=1S/C13H15N3O/c1-2-8-14-13(17)7-9-16-10-15-11-5-3-4-6-12(11)16/h2-6,10H,1,7-9H2,(H,14,17). The number of benzene rings is 1. The molecule has 2 aromatic rings. The molecular weight excluding hydrogens is 214 g/mol. The van der Waals surface area contributed by atoms with Gasteiger partial charge < -0.3 is 9.88 Å². The van der Waals surface area contributed by atoms with E-state index in [9.17, 15) is 4.79 Å². The highest BCUT2D eigenvalue weighted by Gasteiger charge is 2.04. The first kappa shape index (κ1) is 11.4. The number of para-hydroxylation sites is 2. The van der Waals surface area contributed by atoms with E-state index in [0.717, 1.165) is 11.0 Å². The van der Waals surface area contributed by atoms with Crippen molar-refractivity contribution in [1.82, 2.24) is 14.9 Å². The van der Waals surface area contributed by atoms with Crippen LogP contribution in [0.2, 0.25) is 0 Å². The number of imidazole rings is 1. The Morgan fingerprint density at radius 1 is 1.47 bits per heavy atom. The second-order valence-corrected chi connectivity index (χ2v) is 3.77. The molecule has 0 saturated carbocycles. The summed E-state index contributed by atoms with van der Waals surface area (Å²) < 4.78 is 1.99. The lowest BCUT2D eigenvalue weighted by molar-refractivity contribution is -0.121. The van der Waals surface area contributed by atoms with Gasteiger partial charge >= 0.3 is 0 Å². The largest absolute Gasteiger partial charge is 0.353 e. The molecule has 0 unspecified atom stereocenters. The number of amides is 1. The van der Waals surface area contributed by atoms with E-state index < -0.39 is 0 Å². The number of aryl methyl sites for hydroxylation is 1. The van der Waals surface area contributed by atoms with Gasteiger partial charge in [-0.1, -0.05) is 18.2 Å². The maximum Gasteiger partial charge on any atom is 0.222 e. The number of nitrogens with zero attached hydrogens (tertiary/aromatic N) is 2. The number of fused-ring (bicyclic) bond motifs is 1. The van der Waals surface area contributed by atoms with Crippen molar-refractivity contribution in [3.8, 4) is 0 Å². The highest BCUT2D eigenvalue weighted by molar-refractivity contribution is 5.77. The Labute approximate surface area is 100.0 Å². The molecule has 1 amide bonds. The number of carbonyl (C=O) groups excluding carboxylic acids is 1. The molecule has 0 bridgehead atoms. The monoisotopic (exact) mass is 229 g/mol. The minimum atomic E-state index is 0.0303. The molecule has 0 aliphatic rings.